The zero-order valence-electron chi connectivity index (χ0n) is 22.7. The summed E-state index contributed by atoms with van der Waals surface area (Å²) in [6, 6.07) is 30.9. The van der Waals surface area contributed by atoms with Crippen molar-refractivity contribution in [3.05, 3.63) is 120 Å². The molecular formula is C32H30N2O6S. The molecule has 0 fully saturated rings. The van der Waals surface area contributed by atoms with Crippen molar-refractivity contribution in [1.82, 2.24) is 4.98 Å². The van der Waals surface area contributed by atoms with Crippen molar-refractivity contribution in [2.24, 2.45) is 0 Å². The van der Waals surface area contributed by atoms with Crippen LogP contribution in [0.1, 0.15) is 30.5 Å². The van der Waals surface area contributed by atoms with E-state index < -0.39 is 21.4 Å². The van der Waals surface area contributed by atoms with Crippen LogP contribution in [0.15, 0.2) is 112 Å². The quantitative estimate of drug-likeness (QED) is 0.198. The lowest BCUT2D eigenvalue weighted by atomic mass is 10.1. The number of aromatic nitrogens is 1. The van der Waals surface area contributed by atoms with Crippen molar-refractivity contribution >= 4 is 32.9 Å². The van der Waals surface area contributed by atoms with Gasteiger partial charge in [0.15, 0.2) is 21.0 Å². The van der Waals surface area contributed by atoms with E-state index >= 15 is 0 Å². The van der Waals surface area contributed by atoms with Crippen molar-refractivity contribution in [2.75, 3.05) is 4.90 Å². The number of hydrogen-bond donors (Lipinski definition) is 1. The number of nitrogens with zero attached hydrogens (tertiary/aromatic N) is 2. The van der Waals surface area contributed by atoms with E-state index in [1.807, 2.05) is 65.6 Å². The Balaban J connectivity index is 1.45. The Morgan fingerprint density at radius 1 is 0.854 bits per heavy atom. The topological polar surface area (TPSA) is 110 Å². The molecule has 0 aliphatic carbocycles. The highest BCUT2D eigenvalue weighted by molar-refractivity contribution is 7.90. The molecule has 5 rings (SSSR count). The van der Waals surface area contributed by atoms with Crippen LogP contribution >= 0.6 is 0 Å². The van der Waals surface area contributed by atoms with Crippen molar-refractivity contribution in [2.45, 2.75) is 43.2 Å². The standard InChI is InChI=1S/C32H30N2O6S/c1-32(2,30(35)36)40-26-18-16-23(17-19-26)20-34(31-33-28-14-8-9-15-29(28)39-31)21-24-10-6-7-11-25(24)22-41(37,38)27-12-4-3-5-13-27/h3-19H,20-22H2,1-2H3,(H,35,36). The van der Waals surface area contributed by atoms with Crippen LogP contribution in [0.25, 0.3) is 11.1 Å². The molecule has 0 radical (unpaired) electrons. The van der Waals surface area contributed by atoms with Crippen molar-refractivity contribution in [3.63, 3.8) is 0 Å². The van der Waals surface area contributed by atoms with E-state index in [4.69, 9.17) is 14.1 Å². The van der Waals surface area contributed by atoms with Crippen molar-refractivity contribution in [1.29, 1.82) is 0 Å². The summed E-state index contributed by atoms with van der Waals surface area (Å²) in [6.07, 6.45) is 0. The first-order chi connectivity index (χ1) is 19.6. The van der Waals surface area contributed by atoms with E-state index in [1.54, 1.807) is 42.5 Å². The Hall–Kier alpha value is -4.63. The second-order valence-corrected chi connectivity index (χ2v) is 12.2. The van der Waals surface area contributed by atoms with Gasteiger partial charge in [0.2, 0.25) is 0 Å². The molecule has 9 heteroatoms. The monoisotopic (exact) mass is 570 g/mol. The maximum Gasteiger partial charge on any atom is 0.347 e. The average molecular weight is 571 g/mol. The number of carbonyl (C=O) groups is 1. The average Bonchev–Trinajstić information content (AvgIpc) is 3.39. The van der Waals surface area contributed by atoms with Crippen LogP contribution in [0.3, 0.4) is 0 Å². The predicted molar refractivity (Wildman–Crippen MR) is 156 cm³/mol. The normalized spacial score (nSPS) is 11.9. The second kappa shape index (κ2) is 11.5. The fourth-order valence-electron chi connectivity index (χ4n) is 4.38. The highest BCUT2D eigenvalue weighted by Crippen LogP contribution is 2.28. The van der Waals surface area contributed by atoms with E-state index in [-0.39, 0.29) is 10.6 Å². The van der Waals surface area contributed by atoms with Gasteiger partial charge in [-0.15, -0.1) is 0 Å². The summed E-state index contributed by atoms with van der Waals surface area (Å²) in [5, 5.41) is 9.37. The minimum atomic E-state index is -3.55. The van der Waals surface area contributed by atoms with E-state index in [2.05, 4.69) is 0 Å². The van der Waals surface area contributed by atoms with Crippen LogP contribution in [-0.2, 0) is 33.5 Å². The third kappa shape index (κ3) is 6.58. The maximum absolute atomic E-state index is 13.2. The summed E-state index contributed by atoms with van der Waals surface area (Å²) < 4.78 is 38.1. The molecule has 0 unspecified atom stereocenters. The first-order valence-corrected chi connectivity index (χ1v) is 14.7. The Morgan fingerprint density at radius 3 is 2.17 bits per heavy atom. The Morgan fingerprint density at radius 2 is 1.49 bits per heavy atom. The third-order valence-corrected chi connectivity index (χ3v) is 8.35. The zero-order valence-corrected chi connectivity index (χ0v) is 23.5. The number of sulfone groups is 1. The molecule has 0 aliphatic rings. The lowest BCUT2D eigenvalue weighted by molar-refractivity contribution is -0.152. The summed E-state index contributed by atoms with van der Waals surface area (Å²) in [6.45, 7) is 3.73. The highest BCUT2D eigenvalue weighted by atomic mass is 32.2. The van der Waals surface area contributed by atoms with Gasteiger partial charge in [0, 0.05) is 13.1 Å². The molecular weight excluding hydrogens is 540 g/mol. The molecule has 8 nitrogen and oxygen atoms in total. The molecule has 0 aliphatic heterocycles. The summed E-state index contributed by atoms with van der Waals surface area (Å²) in [5.74, 6) is -0.761. The molecule has 0 spiro atoms. The van der Waals surface area contributed by atoms with Crippen molar-refractivity contribution < 1.29 is 27.5 Å². The third-order valence-electron chi connectivity index (χ3n) is 6.67. The van der Waals surface area contributed by atoms with Crippen molar-refractivity contribution in [3.8, 4) is 5.75 Å². The highest BCUT2D eigenvalue weighted by Gasteiger charge is 2.29. The zero-order chi connectivity index (χ0) is 29.0. The number of oxazole rings is 1. The van der Waals surface area contributed by atoms with Crippen LogP contribution in [0.2, 0.25) is 0 Å². The van der Waals surface area contributed by atoms with Crippen LogP contribution in [0.5, 0.6) is 5.75 Å². The van der Waals surface area contributed by atoms with Gasteiger partial charge in [-0.1, -0.05) is 66.7 Å². The number of carboxylic acids is 1. The number of ether oxygens (including phenoxy) is 1. The van der Waals surface area contributed by atoms with Gasteiger partial charge in [0.1, 0.15) is 11.3 Å². The number of fused-ring (bicyclic) bond motifs is 1. The molecule has 0 saturated heterocycles. The Labute approximate surface area is 238 Å². The number of carboxylic acid groups (broad SMARTS) is 1. The first kappa shape index (κ1) is 27.9. The van der Waals surface area contributed by atoms with Crippen LogP contribution in [0, 0.1) is 0 Å². The lowest BCUT2D eigenvalue weighted by Gasteiger charge is -2.24. The lowest BCUT2D eigenvalue weighted by Crippen LogP contribution is -2.37. The molecule has 210 valence electrons. The largest absolute Gasteiger partial charge is 0.478 e. The number of benzene rings is 4. The summed E-state index contributed by atoms with van der Waals surface area (Å²) in [7, 11) is -3.55. The number of para-hydroxylation sites is 2. The fraction of sp³-hybridized carbons (Fsp3) is 0.188. The van der Waals surface area contributed by atoms with Gasteiger partial charge >= 0.3 is 5.97 Å². The van der Waals surface area contributed by atoms with E-state index in [1.165, 1.54) is 13.8 Å². The summed E-state index contributed by atoms with van der Waals surface area (Å²) >= 11 is 0. The number of aliphatic carboxylic acids is 1. The van der Waals surface area contributed by atoms with Gasteiger partial charge in [-0.2, -0.15) is 4.98 Å². The van der Waals surface area contributed by atoms with Gasteiger partial charge in [-0.05, 0) is 66.9 Å². The minimum absolute atomic E-state index is 0.139. The molecule has 1 N–H and O–H groups in total. The Bertz CT molecular complexity index is 1730. The number of anilines is 1. The van der Waals surface area contributed by atoms with Crippen LogP contribution < -0.4 is 9.64 Å². The number of rotatable bonds is 11. The summed E-state index contributed by atoms with van der Waals surface area (Å²) in [4.78, 5) is 18.4. The summed E-state index contributed by atoms with van der Waals surface area (Å²) in [5.41, 5.74) is 2.42. The molecule has 4 aromatic carbocycles. The second-order valence-electron chi connectivity index (χ2n) is 10.2. The van der Waals surface area contributed by atoms with E-state index in [9.17, 15) is 18.3 Å². The van der Waals surface area contributed by atoms with Gasteiger partial charge in [0.25, 0.3) is 6.01 Å². The van der Waals surface area contributed by atoms with Gasteiger partial charge in [0.05, 0.1) is 10.6 Å². The molecule has 0 amide bonds. The molecule has 1 heterocycles. The van der Waals surface area contributed by atoms with Crippen LogP contribution in [-0.4, -0.2) is 30.1 Å². The molecule has 0 atom stereocenters. The van der Waals surface area contributed by atoms with Gasteiger partial charge in [-0.25, -0.2) is 13.2 Å². The molecule has 41 heavy (non-hydrogen) atoms. The molecule has 0 bridgehead atoms. The number of hydrogen-bond acceptors (Lipinski definition) is 7. The Kier molecular flexibility index (Phi) is 7.81. The van der Waals surface area contributed by atoms with E-state index in [0.717, 1.165) is 11.1 Å². The maximum atomic E-state index is 13.2. The first-order valence-electron chi connectivity index (χ1n) is 13.1. The van der Waals surface area contributed by atoms with Gasteiger partial charge in [-0.3, -0.25) is 0 Å². The fourth-order valence-corrected chi connectivity index (χ4v) is 5.81. The predicted octanol–water partition coefficient (Wildman–Crippen LogP) is 6.25. The minimum Gasteiger partial charge on any atom is -0.478 e. The SMILES string of the molecule is CC(C)(Oc1ccc(CN(Cc2ccccc2CS(=O)(=O)c2ccccc2)c2nc3ccccc3o2)cc1)C(=O)O. The smallest absolute Gasteiger partial charge is 0.347 e. The van der Waals surface area contributed by atoms with Gasteiger partial charge < -0.3 is 19.2 Å². The molecule has 5 aromatic rings. The van der Waals surface area contributed by atoms with E-state index in [0.29, 0.717) is 41.5 Å². The molecule has 0 saturated carbocycles. The molecule has 1 aromatic heterocycles. The van der Waals surface area contributed by atoms with Crippen LogP contribution in [0.4, 0.5) is 6.01 Å².